The maximum Gasteiger partial charge on any atom is 0.338 e. The van der Waals surface area contributed by atoms with Gasteiger partial charge in [0.05, 0.1) is 5.56 Å². The number of rotatable bonds is 9. The van der Waals surface area contributed by atoms with Crippen LogP contribution < -0.4 is 5.73 Å². The van der Waals surface area contributed by atoms with Gasteiger partial charge in [0.15, 0.2) is 5.60 Å². The molecule has 6 heteroatoms. The Bertz CT molecular complexity index is 1650. The van der Waals surface area contributed by atoms with Gasteiger partial charge in [0.1, 0.15) is 12.6 Å². The summed E-state index contributed by atoms with van der Waals surface area (Å²) in [6, 6.07) is 41.6. The number of esters is 2. The Morgan fingerprint density at radius 2 is 1.14 bits per heavy atom. The fourth-order valence-corrected chi connectivity index (χ4v) is 6.00. The van der Waals surface area contributed by atoms with Crippen molar-refractivity contribution >= 4 is 24.6 Å². The van der Waals surface area contributed by atoms with Crippen molar-refractivity contribution in [2.45, 2.75) is 17.6 Å². The molecular weight excluding hydrogens is 554 g/mol. The summed E-state index contributed by atoms with van der Waals surface area (Å²) in [5.74, 6) is -0.898. The molecule has 1 aliphatic carbocycles. The summed E-state index contributed by atoms with van der Waals surface area (Å²) < 4.78 is 12.2. The molecule has 0 fully saturated rings. The number of ether oxygens (including phenoxy) is 2. The maximum absolute atomic E-state index is 13.3. The molecular formula is C37H31NO4S. The minimum absolute atomic E-state index is 0.0325. The van der Waals surface area contributed by atoms with Gasteiger partial charge in [-0.2, -0.15) is 12.6 Å². The van der Waals surface area contributed by atoms with Crippen molar-refractivity contribution in [2.75, 3.05) is 12.4 Å². The smallest absolute Gasteiger partial charge is 0.338 e. The van der Waals surface area contributed by atoms with Gasteiger partial charge >= 0.3 is 11.9 Å². The lowest BCUT2D eigenvalue weighted by molar-refractivity contribution is -0.154. The molecule has 214 valence electrons. The van der Waals surface area contributed by atoms with Crippen LogP contribution in [-0.4, -0.2) is 30.3 Å². The first-order valence-electron chi connectivity index (χ1n) is 14.2. The van der Waals surface area contributed by atoms with Crippen LogP contribution in [0.3, 0.4) is 0 Å². The van der Waals surface area contributed by atoms with Crippen molar-refractivity contribution in [3.63, 3.8) is 0 Å². The summed E-state index contributed by atoms with van der Waals surface area (Å²) in [4.78, 5) is 26.5. The van der Waals surface area contributed by atoms with Gasteiger partial charge in [-0.25, -0.2) is 4.79 Å². The molecule has 0 bridgehead atoms. The van der Waals surface area contributed by atoms with E-state index in [0.29, 0.717) is 11.1 Å². The molecule has 5 aromatic rings. The van der Waals surface area contributed by atoms with Gasteiger partial charge in [0.2, 0.25) is 0 Å². The summed E-state index contributed by atoms with van der Waals surface area (Å²) in [6.07, 6.45) is 0. The van der Waals surface area contributed by atoms with Gasteiger partial charge < -0.3 is 15.2 Å². The number of carbonyl (C=O) groups is 2. The number of nitrogens with two attached hydrogens (primary N) is 1. The van der Waals surface area contributed by atoms with Gasteiger partial charge in [0.25, 0.3) is 0 Å². The lowest BCUT2D eigenvalue weighted by Gasteiger charge is -2.36. The lowest BCUT2D eigenvalue weighted by atomic mass is 9.79. The first kappa shape index (κ1) is 28.5. The highest BCUT2D eigenvalue weighted by Crippen LogP contribution is 2.45. The molecule has 0 aliphatic heterocycles. The first-order valence-corrected chi connectivity index (χ1v) is 14.8. The van der Waals surface area contributed by atoms with Crippen LogP contribution in [0.15, 0.2) is 133 Å². The Labute approximate surface area is 256 Å². The molecule has 5 nitrogen and oxygen atoms in total. The van der Waals surface area contributed by atoms with Crippen molar-refractivity contribution in [3.05, 3.63) is 167 Å². The van der Waals surface area contributed by atoms with Crippen molar-refractivity contribution in [1.29, 1.82) is 0 Å². The van der Waals surface area contributed by atoms with E-state index in [0.717, 1.165) is 22.3 Å². The first-order chi connectivity index (χ1) is 21.0. The lowest BCUT2D eigenvalue weighted by Crippen LogP contribution is -2.42. The fourth-order valence-electron chi connectivity index (χ4n) is 5.85. The molecule has 0 saturated heterocycles. The maximum atomic E-state index is 13.3. The summed E-state index contributed by atoms with van der Waals surface area (Å²) in [5, 5.41) is 0. The van der Waals surface area contributed by atoms with Crippen molar-refractivity contribution in [2.24, 2.45) is 5.73 Å². The van der Waals surface area contributed by atoms with Crippen molar-refractivity contribution in [1.82, 2.24) is 0 Å². The molecule has 2 N–H and O–H groups in total. The molecule has 0 saturated carbocycles. The molecule has 6 rings (SSSR count). The standard InChI is InChI=1S/C37H31NO4S/c38-34(24-43)36(40)42-37(26-11-3-1-4-12-26,27-13-5-2-6-14-27)28-21-19-25(20-22-28)35(39)41-23-33-31-17-9-7-15-29(31)30-16-8-10-18-32(30)33/h1-22,33-34,43H,23-24,38H2/t34-/m1/s1. The van der Waals surface area contributed by atoms with E-state index in [4.69, 9.17) is 15.2 Å². The average molecular weight is 586 g/mol. The molecule has 1 aliphatic rings. The van der Waals surface area contributed by atoms with E-state index >= 15 is 0 Å². The van der Waals surface area contributed by atoms with Crippen LogP contribution in [0, 0.1) is 0 Å². The quantitative estimate of drug-likeness (QED) is 0.114. The van der Waals surface area contributed by atoms with E-state index in [1.54, 1.807) is 24.3 Å². The van der Waals surface area contributed by atoms with E-state index < -0.39 is 23.6 Å². The minimum Gasteiger partial charge on any atom is -0.461 e. The molecule has 0 heterocycles. The molecule has 0 spiro atoms. The number of fused-ring (bicyclic) bond motifs is 3. The highest BCUT2D eigenvalue weighted by molar-refractivity contribution is 7.80. The van der Waals surface area contributed by atoms with Crippen LogP contribution in [0.1, 0.15) is 44.1 Å². The predicted molar refractivity (Wildman–Crippen MR) is 171 cm³/mol. The van der Waals surface area contributed by atoms with Crippen LogP contribution in [0.5, 0.6) is 0 Å². The summed E-state index contributed by atoms with van der Waals surface area (Å²) in [7, 11) is 0. The Hall–Kier alpha value is -4.65. The number of carbonyl (C=O) groups excluding carboxylic acids is 2. The zero-order chi connectivity index (χ0) is 29.8. The Morgan fingerprint density at radius 1 is 0.674 bits per heavy atom. The topological polar surface area (TPSA) is 78.6 Å². The second-order valence-electron chi connectivity index (χ2n) is 10.5. The third-order valence-corrected chi connectivity index (χ3v) is 8.38. The van der Waals surface area contributed by atoms with Gasteiger partial charge in [-0.3, -0.25) is 4.79 Å². The molecule has 1 atom stereocenters. The Morgan fingerprint density at radius 3 is 1.65 bits per heavy atom. The van der Waals surface area contributed by atoms with Gasteiger partial charge in [-0.15, -0.1) is 0 Å². The van der Waals surface area contributed by atoms with Crippen LogP contribution in [0.4, 0.5) is 0 Å². The average Bonchev–Trinajstić information content (AvgIpc) is 3.40. The monoisotopic (exact) mass is 585 g/mol. The Balaban J connectivity index is 1.31. The zero-order valence-corrected chi connectivity index (χ0v) is 24.3. The second kappa shape index (κ2) is 12.3. The normalized spacial score (nSPS) is 13.1. The van der Waals surface area contributed by atoms with E-state index in [-0.39, 0.29) is 18.3 Å². The van der Waals surface area contributed by atoms with Gasteiger partial charge in [0, 0.05) is 28.4 Å². The Kier molecular flexibility index (Phi) is 8.14. The van der Waals surface area contributed by atoms with Crippen LogP contribution in [0.2, 0.25) is 0 Å². The summed E-state index contributed by atoms with van der Waals surface area (Å²) >= 11 is 4.21. The van der Waals surface area contributed by atoms with Crippen LogP contribution in [0.25, 0.3) is 11.1 Å². The number of hydrogen-bond donors (Lipinski definition) is 2. The minimum atomic E-state index is -1.31. The molecule has 0 aromatic heterocycles. The van der Waals surface area contributed by atoms with Crippen molar-refractivity contribution in [3.8, 4) is 11.1 Å². The highest BCUT2D eigenvalue weighted by Gasteiger charge is 2.41. The molecule has 0 unspecified atom stereocenters. The van der Waals surface area contributed by atoms with E-state index in [2.05, 4.69) is 36.9 Å². The summed E-state index contributed by atoms with van der Waals surface area (Å²) in [6.45, 7) is 0.228. The third-order valence-electron chi connectivity index (χ3n) is 7.98. The molecule has 5 aromatic carbocycles. The van der Waals surface area contributed by atoms with Crippen molar-refractivity contribution < 1.29 is 19.1 Å². The van der Waals surface area contributed by atoms with Gasteiger partial charge in [-0.05, 0) is 34.4 Å². The largest absolute Gasteiger partial charge is 0.461 e. The fraction of sp³-hybridized carbons (Fsp3) is 0.135. The second-order valence-corrected chi connectivity index (χ2v) is 10.9. The summed E-state index contributed by atoms with van der Waals surface area (Å²) in [5.41, 5.74) is 12.0. The molecule has 0 amide bonds. The van der Waals surface area contributed by atoms with Crippen LogP contribution >= 0.6 is 12.6 Å². The SMILES string of the molecule is N[C@H](CS)C(=O)OC(c1ccccc1)(c1ccccc1)c1ccc(C(=O)OCC2c3ccccc3-c3ccccc32)cc1. The third kappa shape index (κ3) is 5.36. The predicted octanol–water partition coefficient (Wildman–Crippen LogP) is 6.75. The van der Waals surface area contributed by atoms with Crippen LogP contribution in [-0.2, 0) is 19.9 Å². The van der Waals surface area contributed by atoms with E-state index in [1.165, 1.54) is 11.1 Å². The van der Waals surface area contributed by atoms with E-state index in [9.17, 15) is 9.59 Å². The number of thiol groups is 1. The zero-order valence-electron chi connectivity index (χ0n) is 23.4. The number of hydrogen-bond acceptors (Lipinski definition) is 6. The van der Waals surface area contributed by atoms with E-state index in [1.807, 2.05) is 84.9 Å². The molecule has 0 radical (unpaired) electrons. The number of benzene rings is 5. The molecule has 43 heavy (non-hydrogen) atoms. The highest BCUT2D eigenvalue weighted by atomic mass is 32.1. The van der Waals surface area contributed by atoms with Gasteiger partial charge in [-0.1, -0.05) is 121 Å².